The summed E-state index contributed by atoms with van der Waals surface area (Å²) in [6, 6.07) is 19.8. The quantitative estimate of drug-likeness (QED) is 0.420. The van der Waals surface area contributed by atoms with Gasteiger partial charge in [-0.3, -0.25) is 4.79 Å². The maximum atomic E-state index is 13.6. The van der Waals surface area contributed by atoms with E-state index in [4.69, 9.17) is 16.3 Å². The highest BCUT2D eigenvalue weighted by Gasteiger charge is 2.43. The third kappa shape index (κ3) is 3.04. The molecule has 0 radical (unpaired) electrons. The number of hydrogen-bond acceptors (Lipinski definition) is 3. The first kappa shape index (κ1) is 19.5. The number of rotatable bonds is 2. The van der Waals surface area contributed by atoms with Crippen molar-refractivity contribution in [1.82, 2.24) is 14.5 Å². The van der Waals surface area contributed by atoms with Crippen molar-refractivity contribution in [1.29, 1.82) is 0 Å². The van der Waals surface area contributed by atoms with Gasteiger partial charge in [-0.25, -0.2) is 4.98 Å². The lowest BCUT2D eigenvalue weighted by Crippen LogP contribution is -2.45. The second kappa shape index (κ2) is 7.47. The molecule has 0 aliphatic carbocycles. The lowest BCUT2D eigenvalue weighted by molar-refractivity contribution is -0.0741. The van der Waals surface area contributed by atoms with E-state index < -0.39 is 0 Å². The number of aromatic nitrogens is 2. The minimum atomic E-state index is -0.261. The topological polar surface area (TPSA) is 47.4 Å². The summed E-state index contributed by atoms with van der Waals surface area (Å²) in [6.07, 6.45) is 5.25. The van der Waals surface area contributed by atoms with Crippen LogP contribution in [0, 0.1) is 0 Å². The Balaban J connectivity index is 1.32. The molecule has 2 aromatic heterocycles. The molecule has 1 saturated heterocycles. The fourth-order valence-electron chi connectivity index (χ4n) is 5.10. The maximum absolute atomic E-state index is 13.6. The Morgan fingerprint density at radius 3 is 2.66 bits per heavy atom. The van der Waals surface area contributed by atoms with Crippen LogP contribution >= 0.6 is 11.6 Å². The van der Waals surface area contributed by atoms with Crippen molar-refractivity contribution >= 4 is 28.4 Å². The average molecular weight is 444 g/mol. The second-order valence-corrected chi connectivity index (χ2v) is 8.93. The standard InChI is InChI=1S/C26H22ClN3O2/c27-19-8-9-20-21(16-30(23(20)15-19)24-7-3-4-12-28-24)25(31)29-13-10-26(11-14-29)22-6-2-1-5-18(22)17-32-26/h1-9,12,15-16H,10-11,13-14,17H2. The van der Waals surface area contributed by atoms with Crippen LogP contribution in [0.3, 0.4) is 0 Å². The van der Waals surface area contributed by atoms with E-state index in [1.54, 1.807) is 6.20 Å². The van der Waals surface area contributed by atoms with Crippen LogP contribution in [0.25, 0.3) is 16.7 Å². The summed E-state index contributed by atoms with van der Waals surface area (Å²) in [5.41, 5.74) is 3.84. The average Bonchev–Trinajstić information content (AvgIpc) is 3.39. The Bertz CT molecular complexity index is 1320. The fraction of sp³-hybridized carbons (Fsp3) is 0.231. The molecule has 4 heterocycles. The van der Waals surface area contributed by atoms with Crippen molar-refractivity contribution in [3.8, 4) is 5.82 Å². The molecule has 1 spiro atoms. The first-order valence-electron chi connectivity index (χ1n) is 10.9. The zero-order chi connectivity index (χ0) is 21.7. The highest BCUT2D eigenvalue weighted by atomic mass is 35.5. The summed E-state index contributed by atoms with van der Waals surface area (Å²) < 4.78 is 8.21. The highest BCUT2D eigenvalue weighted by Crippen LogP contribution is 2.44. The van der Waals surface area contributed by atoms with Gasteiger partial charge in [-0.2, -0.15) is 0 Å². The minimum absolute atomic E-state index is 0.0353. The van der Waals surface area contributed by atoms with E-state index in [-0.39, 0.29) is 11.5 Å². The van der Waals surface area contributed by atoms with Gasteiger partial charge in [0, 0.05) is 35.9 Å². The SMILES string of the molecule is O=C(c1cn(-c2ccccn2)c2cc(Cl)ccc12)N1CCC2(CC1)OCc1ccccc12. The zero-order valence-corrected chi connectivity index (χ0v) is 18.3. The van der Waals surface area contributed by atoms with Gasteiger partial charge in [0.15, 0.2) is 0 Å². The van der Waals surface area contributed by atoms with Crippen molar-refractivity contribution in [3.63, 3.8) is 0 Å². The normalized spacial score (nSPS) is 17.1. The smallest absolute Gasteiger partial charge is 0.256 e. The lowest BCUT2D eigenvalue weighted by Gasteiger charge is -2.39. The van der Waals surface area contributed by atoms with Gasteiger partial charge in [0.05, 0.1) is 23.3 Å². The number of pyridine rings is 1. The predicted octanol–water partition coefficient (Wildman–Crippen LogP) is 5.34. The van der Waals surface area contributed by atoms with Gasteiger partial charge >= 0.3 is 0 Å². The van der Waals surface area contributed by atoms with E-state index >= 15 is 0 Å². The Kier molecular flexibility index (Phi) is 4.56. The largest absolute Gasteiger partial charge is 0.365 e. The molecule has 6 rings (SSSR count). The monoisotopic (exact) mass is 443 g/mol. The molecule has 0 N–H and O–H groups in total. The molecule has 2 aliphatic rings. The van der Waals surface area contributed by atoms with Crippen molar-refractivity contribution in [2.75, 3.05) is 13.1 Å². The number of halogens is 1. The zero-order valence-electron chi connectivity index (χ0n) is 17.5. The molecular formula is C26H22ClN3O2. The second-order valence-electron chi connectivity index (χ2n) is 8.49. The van der Waals surface area contributed by atoms with Gasteiger partial charge in [0.2, 0.25) is 0 Å². The van der Waals surface area contributed by atoms with Crippen LogP contribution < -0.4 is 0 Å². The predicted molar refractivity (Wildman–Crippen MR) is 124 cm³/mol. The molecule has 0 atom stereocenters. The van der Waals surface area contributed by atoms with E-state index in [0.29, 0.717) is 30.3 Å². The number of nitrogens with zero attached hydrogens (tertiary/aromatic N) is 3. The molecule has 5 nitrogen and oxygen atoms in total. The van der Waals surface area contributed by atoms with Crippen LogP contribution in [-0.4, -0.2) is 33.4 Å². The van der Waals surface area contributed by atoms with Gasteiger partial charge in [0.25, 0.3) is 5.91 Å². The first-order valence-corrected chi connectivity index (χ1v) is 11.3. The fourth-order valence-corrected chi connectivity index (χ4v) is 5.26. The lowest BCUT2D eigenvalue weighted by atomic mass is 9.83. The van der Waals surface area contributed by atoms with Crippen molar-refractivity contribution in [3.05, 3.63) is 94.8 Å². The van der Waals surface area contributed by atoms with Crippen LogP contribution in [0.5, 0.6) is 0 Å². The molecule has 32 heavy (non-hydrogen) atoms. The summed E-state index contributed by atoms with van der Waals surface area (Å²) >= 11 is 6.28. The molecule has 2 aromatic carbocycles. The van der Waals surface area contributed by atoms with E-state index in [1.165, 1.54) is 11.1 Å². The number of benzene rings is 2. The van der Waals surface area contributed by atoms with Crippen LogP contribution in [0.15, 0.2) is 73.1 Å². The molecule has 6 heteroatoms. The number of hydrogen-bond donors (Lipinski definition) is 0. The number of piperidine rings is 1. The maximum Gasteiger partial charge on any atom is 0.256 e. The molecular weight excluding hydrogens is 422 g/mol. The summed E-state index contributed by atoms with van der Waals surface area (Å²) in [5, 5.41) is 1.51. The van der Waals surface area contributed by atoms with Crippen LogP contribution in [-0.2, 0) is 16.9 Å². The summed E-state index contributed by atoms with van der Waals surface area (Å²) in [6.45, 7) is 1.98. The number of fused-ring (bicyclic) bond motifs is 3. The Hall–Kier alpha value is -3.15. The summed E-state index contributed by atoms with van der Waals surface area (Å²) in [7, 11) is 0. The molecule has 0 bridgehead atoms. The van der Waals surface area contributed by atoms with Gasteiger partial charge in [-0.15, -0.1) is 0 Å². The number of amides is 1. The summed E-state index contributed by atoms with van der Waals surface area (Å²) in [4.78, 5) is 20.0. The van der Waals surface area contributed by atoms with Gasteiger partial charge in [-0.1, -0.05) is 48.0 Å². The van der Waals surface area contributed by atoms with Gasteiger partial charge in [-0.05, 0) is 48.2 Å². The molecule has 0 saturated carbocycles. The molecule has 160 valence electrons. The van der Waals surface area contributed by atoms with Crippen molar-refractivity contribution in [2.24, 2.45) is 0 Å². The molecule has 0 unspecified atom stereocenters. The molecule has 1 amide bonds. The third-order valence-corrected chi connectivity index (χ3v) is 7.00. The minimum Gasteiger partial charge on any atom is -0.365 e. The number of carbonyl (C=O) groups excluding carboxylic acids is 1. The highest BCUT2D eigenvalue weighted by molar-refractivity contribution is 6.31. The molecule has 2 aliphatic heterocycles. The van der Waals surface area contributed by atoms with Crippen LogP contribution in [0.4, 0.5) is 0 Å². The van der Waals surface area contributed by atoms with Gasteiger partial charge < -0.3 is 14.2 Å². The van der Waals surface area contributed by atoms with E-state index in [1.807, 2.05) is 52.1 Å². The van der Waals surface area contributed by atoms with Crippen LogP contribution in [0.1, 0.15) is 34.3 Å². The van der Waals surface area contributed by atoms with Crippen LogP contribution in [0.2, 0.25) is 5.02 Å². The summed E-state index contributed by atoms with van der Waals surface area (Å²) in [5.74, 6) is 0.792. The Morgan fingerprint density at radius 1 is 1.03 bits per heavy atom. The van der Waals surface area contributed by atoms with E-state index in [9.17, 15) is 4.79 Å². The number of ether oxygens (including phenoxy) is 1. The van der Waals surface area contributed by atoms with E-state index in [2.05, 4.69) is 29.2 Å². The van der Waals surface area contributed by atoms with Gasteiger partial charge in [0.1, 0.15) is 5.82 Å². The molecule has 4 aromatic rings. The van der Waals surface area contributed by atoms with Crippen molar-refractivity contribution in [2.45, 2.75) is 25.0 Å². The third-order valence-electron chi connectivity index (χ3n) is 6.76. The Morgan fingerprint density at radius 2 is 1.84 bits per heavy atom. The molecule has 1 fully saturated rings. The first-order chi connectivity index (χ1) is 15.6. The number of carbonyl (C=O) groups is 1. The van der Waals surface area contributed by atoms with Crippen molar-refractivity contribution < 1.29 is 9.53 Å². The Labute approximate surface area is 191 Å². The number of likely N-dealkylation sites (tertiary alicyclic amines) is 1. The van der Waals surface area contributed by atoms with E-state index in [0.717, 1.165) is 29.6 Å².